The van der Waals surface area contributed by atoms with Crippen LogP contribution >= 0.6 is 0 Å². The number of hydrogen-bond donors (Lipinski definition) is 1. The van der Waals surface area contributed by atoms with Crippen molar-refractivity contribution in [2.24, 2.45) is 0 Å². The monoisotopic (exact) mass is 270 g/mol. The molecule has 1 aliphatic heterocycles. The van der Waals surface area contributed by atoms with Gasteiger partial charge in [0.05, 0.1) is 6.10 Å². The topological polar surface area (TPSA) is 26.7 Å². The Bertz CT molecular complexity index is 441. The van der Waals surface area contributed by atoms with Crippen LogP contribution in [0, 0.1) is 11.6 Å². The molecule has 1 aliphatic rings. The molecule has 1 N–H and O–H groups in total. The second kappa shape index (κ2) is 5.94. The van der Waals surface area contributed by atoms with Crippen molar-refractivity contribution in [1.82, 2.24) is 9.80 Å². The highest BCUT2D eigenvalue weighted by atomic mass is 19.2. The van der Waals surface area contributed by atoms with Gasteiger partial charge < -0.3 is 10.0 Å². The largest absolute Gasteiger partial charge is 0.387 e. The van der Waals surface area contributed by atoms with E-state index in [1.807, 2.05) is 0 Å². The normalized spacial score (nSPS) is 23.5. The van der Waals surface area contributed by atoms with Gasteiger partial charge in [-0.3, -0.25) is 4.90 Å². The van der Waals surface area contributed by atoms with E-state index in [4.69, 9.17) is 0 Å². The summed E-state index contributed by atoms with van der Waals surface area (Å²) in [6.07, 6.45) is -0.994. The summed E-state index contributed by atoms with van der Waals surface area (Å²) >= 11 is 0. The number of nitrogens with zero attached hydrogens (tertiary/aromatic N) is 2. The third-order valence-corrected chi connectivity index (χ3v) is 3.82. The number of rotatable bonds is 3. The van der Waals surface area contributed by atoms with Crippen molar-refractivity contribution < 1.29 is 13.9 Å². The Hall–Kier alpha value is -1.04. The van der Waals surface area contributed by atoms with E-state index in [0.29, 0.717) is 12.6 Å². The molecule has 0 spiro atoms. The lowest BCUT2D eigenvalue weighted by molar-refractivity contribution is 0.0552. The molecule has 1 heterocycles. The minimum atomic E-state index is -0.994. The van der Waals surface area contributed by atoms with Crippen molar-refractivity contribution in [3.63, 3.8) is 0 Å². The zero-order valence-corrected chi connectivity index (χ0v) is 11.3. The maximum atomic E-state index is 13.6. The molecule has 3 nitrogen and oxygen atoms in total. The van der Waals surface area contributed by atoms with Gasteiger partial charge in [-0.25, -0.2) is 8.78 Å². The first-order valence-electron chi connectivity index (χ1n) is 6.53. The van der Waals surface area contributed by atoms with Crippen LogP contribution in [0.3, 0.4) is 0 Å². The molecule has 1 aromatic rings. The molecular formula is C14H20F2N2O. The molecule has 1 aromatic carbocycles. The number of likely N-dealkylation sites (N-methyl/N-ethyl adjacent to an activating group) is 1. The van der Waals surface area contributed by atoms with Crippen LogP contribution in [0.1, 0.15) is 18.6 Å². The van der Waals surface area contributed by atoms with Gasteiger partial charge in [-0.15, -0.1) is 0 Å². The van der Waals surface area contributed by atoms with Crippen LogP contribution in [-0.2, 0) is 0 Å². The van der Waals surface area contributed by atoms with E-state index in [2.05, 4.69) is 23.8 Å². The lowest BCUT2D eigenvalue weighted by atomic mass is 10.1. The first-order valence-corrected chi connectivity index (χ1v) is 6.53. The highest BCUT2D eigenvalue weighted by Gasteiger charge is 2.24. The standard InChI is InChI=1S/C14H20F2N2O/c1-10-8-18(7-6-17(10)2)9-13(19)11-4-3-5-12(15)14(11)16/h3-5,10,13,19H,6-9H2,1-2H3. The molecule has 0 saturated carbocycles. The Morgan fingerprint density at radius 1 is 1.37 bits per heavy atom. The van der Waals surface area contributed by atoms with Crippen LogP contribution in [0.2, 0.25) is 0 Å². The van der Waals surface area contributed by atoms with Gasteiger partial charge >= 0.3 is 0 Å². The fraction of sp³-hybridized carbons (Fsp3) is 0.571. The smallest absolute Gasteiger partial charge is 0.164 e. The summed E-state index contributed by atoms with van der Waals surface area (Å²) in [5.41, 5.74) is 0.0339. The van der Waals surface area contributed by atoms with Crippen LogP contribution < -0.4 is 0 Å². The van der Waals surface area contributed by atoms with Gasteiger partial charge in [-0.05, 0) is 20.0 Å². The molecular weight excluding hydrogens is 250 g/mol. The van der Waals surface area contributed by atoms with Gasteiger partial charge in [-0.2, -0.15) is 0 Å². The van der Waals surface area contributed by atoms with Gasteiger partial charge in [0.15, 0.2) is 11.6 Å². The molecule has 0 aliphatic carbocycles. The zero-order valence-electron chi connectivity index (χ0n) is 11.3. The Morgan fingerprint density at radius 3 is 2.79 bits per heavy atom. The summed E-state index contributed by atoms with van der Waals surface area (Å²) in [6.45, 7) is 5.01. The molecule has 0 amide bonds. The lowest BCUT2D eigenvalue weighted by Gasteiger charge is -2.38. The van der Waals surface area contributed by atoms with E-state index in [1.54, 1.807) is 0 Å². The van der Waals surface area contributed by atoms with Crippen molar-refractivity contribution in [3.05, 3.63) is 35.4 Å². The van der Waals surface area contributed by atoms with Crippen molar-refractivity contribution in [2.45, 2.75) is 19.1 Å². The minimum absolute atomic E-state index is 0.0339. The number of aliphatic hydroxyl groups excluding tert-OH is 1. The summed E-state index contributed by atoms with van der Waals surface area (Å²) in [7, 11) is 2.06. The second-order valence-electron chi connectivity index (χ2n) is 5.25. The molecule has 2 atom stereocenters. The Morgan fingerprint density at radius 2 is 2.11 bits per heavy atom. The summed E-state index contributed by atoms with van der Waals surface area (Å²) in [6, 6.07) is 4.31. The number of halogens is 2. The molecule has 2 rings (SSSR count). The fourth-order valence-corrected chi connectivity index (χ4v) is 2.41. The van der Waals surface area contributed by atoms with Crippen molar-refractivity contribution in [3.8, 4) is 0 Å². The van der Waals surface area contributed by atoms with Crippen molar-refractivity contribution >= 4 is 0 Å². The first kappa shape index (κ1) is 14.4. The second-order valence-corrected chi connectivity index (χ2v) is 5.25. The summed E-state index contributed by atoms with van der Waals surface area (Å²) in [5, 5.41) is 10.1. The van der Waals surface area contributed by atoms with Gasteiger partial charge in [0, 0.05) is 37.8 Å². The molecule has 106 valence electrons. The number of aliphatic hydroxyl groups is 1. The van der Waals surface area contributed by atoms with Gasteiger partial charge in [0.25, 0.3) is 0 Å². The van der Waals surface area contributed by atoms with Crippen molar-refractivity contribution in [2.75, 3.05) is 33.2 Å². The zero-order chi connectivity index (χ0) is 14.0. The maximum absolute atomic E-state index is 13.6. The summed E-state index contributed by atoms with van der Waals surface area (Å²) in [5.74, 6) is -1.86. The van der Waals surface area contributed by atoms with Crippen LogP contribution in [0.15, 0.2) is 18.2 Å². The molecule has 5 heteroatoms. The number of β-amino-alcohol motifs (C(OH)–C–C–N with tert-alkyl or cyclic N) is 1. The maximum Gasteiger partial charge on any atom is 0.164 e. The molecule has 1 fully saturated rings. The van der Waals surface area contributed by atoms with E-state index in [1.165, 1.54) is 12.1 Å². The van der Waals surface area contributed by atoms with E-state index in [-0.39, 0.29) is 5.56 Å². The molecule has 0 aromatic heterocycles. The Balaban J connectivity index is 2.01. The van der Waals surface area contributed by atoms with Gasteiger partial charge in [-0.1, -0.05) is 12.1 Å². The summed E-state index contributed by atoms with van der Waals surface area (Å²) < 4.78 is 26.7. The average molecular weight is 270 g/mol. The summed E-state index contributed by atoms with van der Waals surface area (Å²) in [4.78, 5) is 4.32. The number of benzene rings is 1. The highest BCUT2D eigenvalue weighted by Crippen LogP contribution is 2.21. The third kappa shape index (κ3) is 3.29. The molecule has 2 unspecified atom stereocenters. The first-order chi connectivity index (χ1) is 8.99. The quantitative estimate of drug-likeness (QED) is 0.904. The van der Waals surface area contributed by atoms with E-state index in [9.17, 15) is 13.9 Å². The average Bonchev–Trinajstić information content (AvgIpc) is 2.37. The SMILES string of the molecule is CC1CN(CC(O)c2cccc(F)c2F)CCN1C. The predicted octanol–water partition coefficient (Wildman–Crippen LogP) is 1.63. The van der Waals surface area contributed by atoms with Crippen LogP contribution in [0.5, 0.6) is 0 Å². The predicted molar refractivity (Wildman–Crippen MR) is 69.8 cm³/mol. The van der Waals surface area contributed by atoms with Gasteiger partial charge in [0.2, 0.25) is 0 Å². The van der Waals surface area contributed by atoms with Gasteiger partial charge in [0.1, 0.15) is 0 Å². The Kier molecular flexibility index (Phi) is 4.50. The van der Waals surface area contributed by atoms with E-state index >= 15 is 0 Å². The molecule has 19 heavy (non-hydrogen) atoms. The number of hydrogen-bond acceptors (Lipinski definition) is 3. The highest BCUT2D eigenvalue weighted by molar-refractivity contribution is 5.21. The van der Waals surface area contributed by atoms with E-state index in [0.717, 1.165) is 25.7 Å². The van der Waals surface area contributed by atoms with Crippen LogP contribution in [-0.4, -0.2) is 54.2 Å². The Labute approximate surface area is 112 Å². The fourth-order valence-electron chi connectivity index (χ4n) is 2.41. The minimum Gasteiger partial charge on any atom is -0.387 e. The van der Waals surface area contributed by atoms with Crippen LogP contribution in [0.25, 0.3) is 0 Å². The van der Waals surface area contributed by atoms with Crippen LogP contribution in [0.4, 0.5) is 8.78 Å². The van der Waals surface area contributed by atoms with E-state index < -0.39 is 17.7 Å². The molecule has 1 saturated heterocycles. The number of piperazine rings is 1. The van der Waals surface area contributed by atoms with Crippen molar-refractivity contribution in [1.29, 1.82) is 0 Å². The lowest BCUT2D eigenvalue weighted by Crippen LogP contribution is -2.50. The third-order valence-electron chi connectivity index (χ3n) is 3.82. The molecule has 0 radical (unpaired) electrons. The molecule has 0 bridgehead atoms.